The third kappa shape index (κ3) is 3.54. The highest BCUT2D eigenvalue weighted by molar-refractivity contribution is 7.12. The van der Waals surface area contributed by atoms with Crippen LogP contribution in [0.4, 0.5) is 5.95 Å². The number of pyridine rings is 1. The summed E-state index contributed by atoms with van der Waals surface area (Å²) < 4.78 is 6.88. The average molecular weight is 393 g/mol. The van der Waals surface area contributed by atoms with Gasteiger partial charge in [-0.1, -0.05) is 12.1 Å². The molecule has 3 N–H and O–H groups in total. The maximum Gasteiger partial charge on any atom is 0.261 e. The van der Waals surface area contributed by atoms with Gasteiger partial charge in [0.05, 0.1) is 12.0 Å². The molecule has 0 aliphatic heterocycles. The van der Waals surface area contributed by atoms with Crippen LogP contribution in [-0.4, -0.2) is 27.6 Å². The van der Waals surface area contributed by atoms with Gasteiger partial charge in [-0.3, -0.25) is 4.79 Å². The number of carbonyl (C=O) groups is 1. The minimum Gasteiger partial charge on any atom is -0.497 e. The molecule has 0 bridgehead atoms. The molecule has 142 valence electrons. The fraction of sp³-hybridized carbons (Fsp3) is 0.150. The topological polar surface area (TPSA) is 94.5 Å². The van der Waals surface area contributed by atoms with Gasteiger partial charge in [-0.05, 0) is 53.3 Å². The zero-order valence-electron chi connectivity index (χ0n) is 15.5. The molecule has 0 spiro atoms. The first-order valence-corrected chi connectivity index (χ1v) is 9.54. The molecule has 0 unspecified atom stereocenters. The van der Waals surface area contributed by atoms with E-state index < -0.39 is 0 Å². The lowest BCUT2D eigenvalue weighted by Gasteiger charge is -2.06. The molecule has 3 heterocycles. The smallest absolute Gasteiger partial charge is 0.261 e. The lowest BCUT2D eigenvalue weighted by atomic mass is 10.1. The standard InChI is InChI=1S/C20H19N5O2S/c1-12-6-14(10-25-18(12)23-20(21)24-25)15-8-17(28-11-15)19(26)22-9-13-4-3-5-16(7-13)27-2/h3-8,10-11H,9H2,1-2H3,(H2,21,24)(H,22,26). The molecular formula is C20H19N5O2S. The zero-order chi connectivity index (χ0) is 19.7. The molecule has 4 aromatic rings. The predicted octanol–water partition coefficient (Wildman–Crippen LogP) is 3.29. The van der Waals surface area contributed by atoms with Gasteiger partial charge in [0, 0.05) is 18.3 Å². The van der Waals surface area contributed by atoms with Crippen molar-refractivity contribution in [3.8, 4) is 16.9 Å². The minimum atomic E-state index is -0.109. The van der Waals surface area contributed by atoms with Crippen LogP contribution in [0, 0.1) is 6.92 Å². The van der Waals surface area contributed by atoms with Crippen molar-refractivity contribution in [2.45, 2.75) is 13.5 Å². The number of anilines is 1. The zero-order valence-corrected chi connectivity index (χ0v) is 16.3. The number of ether oxygens (including phenoxy) is 1. The molecule has 0 aliphatic rings. The second-order valence-electron chi connectivity index (χ2n) is 6.38. The van der Waals surface area contributed by atoms with E-state index >= 15 is 0 Å². The van der Waals surface area contributed by atoms with Gasteiger partial charge < -0.3 is 15.8 Å². The maximum atomic E-state index is 12.5. The van der Waals surface area contributed by atoms with Crippen LogP contribution in [0.15, 0.2) is 48.0 Å². The van der Waals surface area contributed by atoms with Gasteiger partial charge in [-0.15, -0.1) is 16.4 Å². The highest BCUT2D eigenvalue weighted by atomic mass is 32.1. The number of rotatable bonds is 5. The molecular weight excluding hydrogens is 374 g/mol. The lowest BCUT2D eigenvalue weighted by Crippen LogP contribution is -2.21. The number of hydrogen-bond acceptors (Lipinski definition) is 6. The Kier molecular flexibility index (Phi) is 4.70. The number of amides is 1. The monoisotopic (exact) mass is 393 g/mol. The van der Waals surface area contributed by atoms with Crippen LogP contribution < -0.4 is 15.8 Å². The fourth-order valence-corrected chi connectivity index (χ4v) is 3.81. The second-order valence-corrected chi connectivity index (χ2v) is 7.30. The SMILES string of the molecule is COc1cccc(CNC(=O)c2cc(-c3cc(C)c4nc(N)nn4c3)cs2)c1. The number of thiophene rings is 1. The van der Waals surface area contributed by atoms with Gasteiger partial charge in [-0.2, -0.15) is 4.98 Å². The predicted molar refractivity (Wildman–Crippen MR) is 110 cm³/mol. The molecule has 0 saturated carbocycles. The third-order valence-electron chi connectivity index (χ3n) is 4.38. The van der Waals surface area contributed by atoms with Crippen LogP contribution in [0.1, 0.15) is 20.8 Å². The van der Waals surface area contributed by atoms with Gasteiger partial charge in [0.2, 0.25) is 5.95 Å². The molecule has 3 aromatic heterocycles. The first kappa shape index (κ1) is 18.0. The Labute approximate surface area is 165 Å². The number of aromatic nitrogens is 3. The van der Waals surface area contributed by atoms with Crippen molar-refractivity contribution in [1.82, 2.24) is 19.9 Å². The maximum absolute atomic E-state index is 12.5. The Morgan fingerprint density at radius 1 is 1.29 bits per heavy atom. The van der Waals surface area contributed by atoms with Crippen molar-refractivity contribution in [3.05, 3.63) is 64.0 Å². The molecule has 1 aromatic carbocycles. The van der Waals surface area contributed by atoms with Gasteiger partial charge >= 0.3 is 0 Å². The van der Waals surface area contributed by atoms with E-state index in [0.717, 1.165) is 33.7 Å². The molecule has 28 heavy (non-hydrogen) atoms. The average Bonchev–Trinajstić information content (AvgIpc) is 3.33. The molecule has 4 rings (SSSR count). The van der Waals surface area contributed by atoms with Crippen molar-refractivity contribution >= 4 is 28.8 Å². The number of nitrogens with two attached hydrogens (primary N) is 1. The van der Waals surface area contributed by atoms with Crippen molar-refractivity contribution in [2.24, 2.45) is 0 Å². The highest BCUT2D eigenvalue weighted by Crippen LogP contribution is 2.27. The number of nitrogens with zero attached hydrogens (tertiary/aromatic N) is 3. The van der Waals surface area contributed by atoms with Crippen LogP contribution in [-0.2, 0) is 6.54 Å². The number of aryl methyl sites for hydroxylation is 1. The largest absolute Gasteiger partial charge is 0.497 e. The Morgan fingerprint density at radius 3 is 2.96 bits per heavy atom. The Balaban J connectivity index is 1.51. The summed E-state index contributed by atoms with van der Waals surface area (Å²) in [7, 11) is 1.62. The number of nitrogens with one attached hydrogen (secondary N) is 1. The lowest BCUT2D eigenvalue weighted by molar-refractivity contribution is 0.0955. The van der Waals surface area contributed by atoms with Crippen molar-refractivity contribution in [1.29, 1.82) is 0 Å². The number of benzene rings is 1. The summed E-state index contributed by atoms with van der Waals surface area (Å²) in [6.45, 7) is 2.40. The Bertz CT molecular complexity index is 1160. The highest BCUT2D eigenvalue weighted by Gasteiger charge is 2.12. The van der Waals surface area contributed by atoms with Gasteiger partial charge in [0.15, 0.2) is 5.65 Å². The summed E-state index contributed by atoms with van der Waals surface area (Å²) >= 11 is 1.41. The van der Waals surface area contributed by atoms with Crippen LogP contribution in [0.5, 0.6) is 5.75 Å². The number of fused-ring (bicyclic) bond motifs is 1. The summed E-state index contributed by atoms with van der Waals surface area (Å²) in [5.74, 6) is 0.898. The van der Waals surface area contributed by atoms with E-state index in [-0.39, 0.29) is 11.9 Å². The first-order valence-electron chi connectivity index (χ1n) is 8.66. The number of nitrogen functional groups attached to an aromatic ring is 1. The van der Waals surface area contributed by atoms with E-state index in [2.05, 4.69) is 15.4 Å². The Morgan fingerprint density at radius 2 is 2.14 bits per heavy atom. The van der Waals surface area contributed by atoms with E-state index in [1.165, 1.54) is 11.3 Å². The van der Waals surface area contributed by atoms with Crippen molar-refractivity contribution in [2.75, 3.05) is 12.8 Å². The first-order chi connectivity index (χ1) is 13.5. The molecule has 0 atom stereocenters. The normalized spacial score (nSPS) is 10.9. The van der Waals surface area contributed by atoms with Gasteiger partial charge in [-0.25, -0.2) is 4.52 Å². The van der Waals surface area contributed by atoms with Gasteiger partial charge in [0.25, 0.3) is 5.91 Å². The molecule has 0 fully saturated rings. The molecule has 8 heteroatoms. The van der Waals surface area contributed by atoms with E-state index in [1.54, 1.807) is 11.6 Å². The summed E-state index contributed by atoms with van der Waals surface area (Å²) in [5, 5.41) is 9.08. The van der Waals surface area contributed by atoms with E-state index in [1.807, 2.05) is 54.9 Å². The molecule has 0 saturated heterocycles. The second kappa shape index (κ2) is 7.32. The van der Waals surface area contributed by atoms with E-state index in [9.17, 15) is 4.79 Å². The van der Waals surface area contributed by atoms with Crippen molar-refractivity contribution < 1.29 is 9.53 Å². The van der Waals surface area contributed by atoms with Gasteiger partial charge in [0.1, 0.15) is 5.75 Å². The quantitative estimate of drug-likeness (QED) is 0.543. The number of hydrogen-bond donors (Lipinski definition) is 2. The van der Waals surface area contributed by atoms with Crippen LogP contribution in [0.2, 0.25) is 0 Å². The third-order valence-corrected chi connectivity index (χ3v) is 5.31. The van der Waals surface area contributed by atoms with Crippen molar-refractivity contribution in [3.63, 3.8) is 0 Å². The van der Waals surface area contributed by atoms with Crippen LogP contribution in [0.25, 0.3) is 16.8 Å². The summed E-state index contributed by atoms with van der Waals surface area (Å²) in [6.07, 6.45) is 1.87. The summed E-state index contributed by atoms with van der Waals surface area (Å²) in [4.78, 5) is 17.4. The van der Waals surface area contributed by atoms with E-state index in [0.29, 0.717) is 11.4 Å². The van der Waals surface area contributed by atoms with Crippen LogP contribution in [0.3, 0.4) is 0 Å². The number of methoxy groups -OCH3 is 1. The molecule has 0 radical (unpaired) electrons. The van der Waals surface area contributed by atoms with Crippen LogP contribution >= 0.6 is 11.3 Å². The minimum absolute atomic E-state index is 0.109. The molecule has 7 nitrogen and oxygen atoms in total. The Hall–Kier alpha value is -3.39. The summed E-state index contributed by atoms with van der Waals surface area (Å²) in [5.41, 5.74) is 10.3. The fourth-order valence-electron chi connectivity index (χ4n) is 2.98. The molecule has 0 aliphatic carbocycles. The number of carbonyl (C=O) groups excluding carboxylic acids is 1. The molecule has 1 amide bonds. The summed E-state index contributed by atoms with van der Waals surface area (Å²) in [6, 6.07) is 11.5. The van der Waals surface area contributed by atoms with E-state index in [4.69, 9.17) is 10.5 Å².